The molecule has 2 rings (SSSR count). The highest BCUT2D eigenvalue weighted by Crippen LogP contribution is 2.36. The van der Waals surface area contributed by atoms with E-state index in [-0.39, 0.29) is 11.9 Å². The first-order chi connectivity index (χ1) is 25.9. The number of hydrogen-bond acceptors (Lipinski definition) is 9. The van der Waals surface area contributed by atoms with Crippen molar-refractivity contribution in [2.45, 2.75) is 131 Å². The molecule has 54 heavy (non-hydrogen) atoms. The molecule has 0 aliphatic carbocycles. The molecule has 0 amide bonds. The van der Waals surface area contributed by atoms with Crippen molar-refractivity contribution in [2.24, 2.45) is 16.7 Å². The lowest BCUT2D eigenvalue weighted by Crippen LogP contribution is -2.33. The second kappa shape index (κ2) is 25.0. The van der Waals surface area contributed by atoms with E-state index in [1.807, 2.05) is 20.8 Å². The van der Waals surface area contributed by atoms with E-state index in [9.17, 15) is 19.2 Å². The molecule has 0 radical (unpaired) electrons. The molecule has 0 bridgehead atoms. The van der Waals surface area contributed by atoms with Crippen molar-refractivity contribution in [1.82, 2.24) is 0 Å². The summed E-state index contributed by atoms with van der Waals surface area (Å²) in [5.41, 5.74) is 0.0501. The third-order valence-corrected chi connectivity index (χ3v) is 10.4. The van der Waals surface area contributed by atoms with Gasteiger partial charge in [-0.2, -0.15) is 0 Å². The second-order valence-corrected chi connectivity index (χ2v) is 14.8. The summed E-state index contributed by atoms with van der Waals surface area (Å²) in [5.74, 6) is 0.283. The van der Waals surface area contributed by atoms with Crippen molar-refractivity contribution in [2.75, 3.05) is 26.9 Å². The first-order valence-electron chi connectivity index (χ1n) is 20.1. The number of benzene rings is 2. The molecule has 0 aromatic heterocycles. The number of carbonyl (C=O) groups excluding carboxylic acids is 4. The van der Waals surface area contributed by atoms with E-state index in [0.717, 1.165) is 76.2 Å². The monoisotopic (exact) mass is 750 g/mol. The van der Waals surface area contributed by atoms with Gasteiger partial charge in [0.05, 0.1) is 43.3 Å². The lowest BCUT2D eigenvalue weighted by molar-refractivity contribution is -0.158. The molecule has 2 aromatic rings. The van der Waals surface area contributed by atoms with Crippen molar-refractivity contribution in [1.29, 1.82) is 0 Å². The zero-order chi connectivity index (χ0) is 39.8. The van der Waals surface area contributed by atoms with Gasteiger partial charge in [0.25, 0.3) is 0 Å². The zero-order valence-electron chi connectivity index (χ0n) is 34.0. The molecule has 2 aromatic carbocycles. The van der Waals surface area contributed by atoms with Crippen LogP contribution in [0, 0.1) is 16.7 Å². The Bertz CT molecular complexity index is 1430. The number of hydrogen-bond donors (Lipinski definition) is 0. The maximum Gasteiger partial charge on any atom is 0.343 e. The topological polar surface area (TPSA) is 114 Å². The van der Waals surface area contributed by atoms with Gasteiger partial charge in [0.15, 0.2) is 0 Å². The zero-order valence-corrected chi connectivity index (χ0v) is 34.0. The molecule has 3 unspecified atom stereocenters. The highest BCUT2D eigenvalue weighted by atomic mass is 16.5. The van der Waals surface area contributed by atoms with Crippen LogP contribution in [0.25, 0.3) is 6.08 Å². The Morgan fingerprint density at radius 1 is 0.685 bits per heavy atom. The third-order valence-electron chi connectivity index (χ3n) is 10.4. The largest absolute Gasteiger partial charge is 0.494 e. The normalized spacial score (nSPS) is 14.1. The minimum atomic E-state index is -0.582. The van der Waals surface area contributed by atoms with Crippen LogP contribution in [-0.2, 0) is 28.6 Å². The summed E-state index contributed by atoms with van der Waals surface area (Å²) >= 11 is 0. The number of unbranched alkanes of at least 4 members (excludes halogenated alkanes) is 4. The van der Waals surface area contributed by atoms with E-state index >= 15 is 0 Å². The van der Waals surface area contributed by atoms with E-state index in [0.29, 0.717) is 62.1 Å². The van der Waals surface area contributed by atoms with Crippen molar-refractivity contribution < 1.29 is 42.9 Å². The van der Waals surface area contributed by atoms with Crippen molar-refractivity contribution in [3.05, 3.63) is 65.7 Å². The molecule has 0 saturated carbocycles. The molecule has 0 N–H and O–H groups in total. The summed E-state index contributed by atoms with van der Waals surface area (Å²) in [6, 6.07) is 13.6. The van der Waals surface area contributed by atoms with E-state index < -0.39 is 22.8 Å². The molecular formula is C45H66O9. The van der Waals surface area contributed by atoms with Crippen molar-refractivity contribution in [3.63, 3.8) is 0 Å². The second-order valence-electron chi connectivity index (χ2n) is 14.8. The molecule has 0 spiro atoms. The summed E-state index contributed by atoms with van der Waals surface area (Å²) < 4.78 is 27.5. The van der Waals surface area contributed by atoms with Crippen LogP contribution in [0.5, 0.6) is 11.5 Å². The lowest BCUT2D eigenvalue weighted by Gasteiger charge is -2.31. The van der Waals surface area contributed by atoms with Gasteiger partial charge < -0.3 is 23.7 Å². The predicted molar refractivity (Wildman–Crippen MR) is 213 cm³/mol. The highest BCUT2D eigenvalue weighted by molar-refractivity contribution is 5.91. The standard InChI is InChI=1S/C45H66O9/c1-8-12-18-35(10-3)34-53-43(49)45(6,29-9-2)31-17-30-44(5,11-4)42(48)52-33-16-14-13-15-32-51-38-26-22-37(23-27-38)41(47)54-39-24-19-36(20-25-39)21-28-40(46)50-7/h19-28,35H,8-18,29-34H2,1-7H3. The number of methoxy groups -OCH3 is 1. The minimum Gasteiger partial charge on any atom is -0.494 e. The fraction of sp³-hybridized carbons (Fsp3) is 0.600. The van der Waals surface area contributed by atoms with E-state index in [4.69, 9.17) is 18.9 Å². The third kappa shape index (κ3) is 16.5. The predicted octanol–water partition coefficient (Wildman–Crippen LogP) is 10.7. The Hall–Kier alpha value is -4.14. The molecule has 9 heteroatoms. The van der Waals surface area contributed by atoms with Gasteiger partial charge in [-0.3, -0.25) is 9.59 Å². The summed E-state index contributed by atoms with van der Waals surface area (Å²) in [4.78, 5) is 50.2. The summed E-state index contributed by atoms with van der Waals surface area (Å²) in [6.45, 7) is 13.9. The maximum atomic E-state index is 13.2. The molecule has 0 heterocycles. The minimum absolute atomic E-state index is 0.102. The lowest BCUT2D eigenvalue weighted by atomic mass is 9.76. The highest BCUT2D eigenvalue weighted by Gasteiger charge is 2.37. The van der Waals surface area contributed by atoms with Gasteiger partial charge in [0.2, 0.25) is 0 Å². The first-order valence-corrected chi connectivity index (χ1v) is 20.1. The molecular weight excluding hydrogens is 684 g/mol. The Morgan fingerprint density at radius 3 is 1.93 bits per heavy atom. The van der Waals surface area contributed by atoms with Crippen LogP contribution >= 0.6 is 0 Å². The van der Waals surface area contributed by atoms with E-state index in [1.54, 1.807) is 54.6 Å². The molecule has 0 aliphatic heterocycles. The van der Waals surface area contributed by atoms with E-state index in [1.165, 1.54) is 13.2 Å². The first kappa shape index (κ1) is 46.0. The van der Waals surface area contributed by atoms with Gasteiger partial charge in [0.1, 0.15) is 11.5 Å². The Kier molecular flexibility index (Phi) is 21.3. The van der Waals surface area contributed by atoms with Crippen LogP contribution in [0.3, 0.4) is 0 Å². The van der Waals surface area contributed by atoms with Crippen molar-refractivity contribution in [3.8, 4) is 11.5 Å². The molecule has 300 valence electrons. The van der Waals surface area contributed by atoms with Gasteiger partial charge in [-0.1, -0.05) is 71.9 Å². The average molecular weight is 751 g/mol. The van der Waals surface area contributed by atoms with Crippen LogP contribution in [-0.4, -0.2) is 50.8 Å². The Morgan fingerprint density at radius 2 is 1.31 bits per heavy atom. The SMILES string of the molecule is CCCCC(CC)COC(=O)C(C)(CCC)CCCC(C)(CC)C(=O)OCCCCCCOc1ccc(C(=O)Oc2ccc(C=CC(=O)OC)cc2)cc1. The van der Waals surface area contributed by atoms with Gasteiger partial charge in [-0.05, 0) is 126 Å². The quantitative estimate of drug-likeness (QED) is 0.0289. The molecule has 0 aliphatic rings. The van der Waals surface area contributed by atoms with Gasteiger partial charge in [0, 0.05) is 6.08 Å². The van der Waals surface area contributed by atoms with Crippen LogP contribution in [0.4, 0.5) is 0 Å². The smallest absolute Gasteiger partial charge is 0.343 e. The Balaban J connectivity index is 1.67. The molecule has 0 fully saturated rings. The van der Waals surface area contributed by atoms with Crippen LogP contribution in [0.15, 0.2) is 54.6 Å². The van der Waals surface area contributed by atoms with Gasteiger partial charge >= 0.3 is 23.9 Å². The number of carbonyl (C=O) groups is 4. The van der Waals surface area contributed by atoms with E-state index in [2.05, 4.69) is 25.5 Å². The number of rotatable bonds is 27. The fourth-order valence-corrected chi connectivity index (χ4v) is 6.26. The number of ether oxygens (including phenoxy) is 5. The summed E-state index contributed by atoms with van der Waals surface area (Å²) in [7, 11) is 1.31. The Labute approximate surface area is 324 Å². The van der Waals surface area contributed by atoms with Crippen molar-refractivity contribution >= 4 is 30.0 Å². The van der Waals surface area contributed by atoms with Crippen LogP contribution in [0.1, 0.15) is 147 Å². The fourth-order valence-electron chi connectivity index (χ4n) is 6.26. The molecule has 9 nitrogen and oxygen atoms in total. The van der Waals surface area contributed by atoms with Gasteiger partial charge in [-0.15, -0.1) is 0 Å². The average Bonchev–Trinajstić information content (AvgIpc) is 3.18. The van der Waals surface area contributed by atoms with Crippen LogP contribution < -0.4 is 9.47 Å². The van der Waals surface area contributed by atoms with Crippen LogP contribution in [0.2, 0.25) is 0 Å². The van der Waals surface area contributed by atoms with Gasteiger partial charge in [-0.25, -0.2) is 9.59 Å². The molecule has 3 atom stereocenters. The summed E-state index contributed by atoms with van der Waals surface area (Å²) in [5, 5.41) is 0. The maximum absolute atomic E-state index is 13.2. The summed E-state index contributed by atoms with van der Waals surface area (Å²) in [6.07, 6.45) is 15.3. The number of esters is 4. The molecule has 0 saturated heterocycles.